The smallest absolute Gasteiger partial charge is 0.122 e. The van der Waals surface area contributed by atoms with Crippen LogP contribution in [-0.2, 0) is 6.42 Å². The van der Waals surface area contributed by atoms with E-state index in [4.69, 9.17) is 16.3 Å². The van der Waals surface area contributed by atoms with Gasteiger partial charge in [-0.1, -0.05) is 44.2 Å². The Kier molecular flexibility index (Phi) is 4.88. The molecule has 0 saturated heterocycles. The maximum atomic E-state index is 6.81. The second kappa shape index (κ2) is 6.85. The summed E-state index contributed by atoms with van der Waals surface area (Å²) in [5.74, 6) is 1.72. The van der Waals surface area contributed by atoms with E-state index in [1.54, 1.807) is 0 Å². The first-order valence-electron chi connectivity index (χ1n) is 8.24. The second-order valence-electron chi connectivity index (χ2n) is 6.33. The molecule has 110 valence electrons. The normalized spacial score (nSPS) is 22.2. The van der Waals surface area contributed by atoms with Crippen molar-refractivity contribution in [2.45, 2.75) is 63.2 Å². The summed E-state index contributed by atoms with van der Waals surface area (Å²) >= 11 is 6.81. The molecule has 0 radical (unpaired) electrons. The average Bonchev–Trinajstić information content (AvgIpc) is 2.46. The van der Waals surface area contributed by atoms with Gasteiger partial charge in [-0.15, -0.1) is 11.6 Å². The summed E-state index contributed by atoms with van der Waals surface area (Å²) in [4.78, 5) is 0. The van der Waals surface area contributed by atoms with Crippen molar-refractivity contribution in [3.05, 3.63) is 29.3 Å². The Hall–Kier alpha value is -0.690. The lowest BCUT2D eigenvalue weighted by molar-refractivity contribution is 0.288. The van der Waals surface area contributed by atoms with E-state index in [1.165, 1.54) is 56.1 Å². The molecule has 1 heterocycles. The van der Waals surface area contributed by atoms with Gasteiger partial charge in [-0.25, -0.2) is 0 Å². The van der Waals surface area contributed by atoms with Crippen molar-refractivity contribution in [3.8, 4) is 5.75 Å². The van der Waals surface area contributed by atoms with E-state index in [0.29, 0.717) is 5.92 Å². The van der Waals surface area contributed by atoms with Crippen LogP contribution in [0.4, 0.5) is 0 Å². The molecule has 2 aliphatic rings. The summed E-state index contributed by atoms with van der Waals surface area (Å²) in [6, 6.07) is 6.60. The van der Waals surface area contributed by atoms with Gasteiger partial charge >= 0.3 is 0 Å². The van der Waals surface area contributed by atoms with Gasteiger partial charge in [-0.2, -0.15) is 0 Å². The molecule has 1 fully saturated rings. The molecule has 1 aliphatic heterocycles. The SMILES string of the molecule is ClC(c1ccc2c(c1)CCCO2)C1CCCCCCC1. The molecule has 0 amide bonds. The second-order valence-corrected chi connectivity index (χ2v) is 6.80. The lowest BCUT2D eigenvalue weighted by Crippen LogP contribution is -2.12. The van der Waals surface area contributed by atoms with Gasteiger partial charge in [-0.3, -0.25) is 0 Å². The van der Waals surface area contributed by atoms with Crippen LogP contribution in [0.2, 0.25) is 0 Å². The van der Waals surface area contributed by atoms with E-state index < -0.39 is 0 Å². The molecule has 0 aromatic heterocycles. The van der Waals surface area contributed by atoms with E-state index in [2.05, 4.69) is 18.2 Å². The number of halogens is 1. The summed E-state index contributed by atoms with van der Waals surface area (Å²) in [5, 5.41) is 0.181. The molecular formula is C18H25ClO. The van der Waals surface area contributed by atoms with Gasteiger partial charge < -0.3 is 4.74 Å². The summed E-state index contributed by atoms with van der Waals surface area (Å²) in [6.07, 6.45) is 11.7. The molecule has 20 heavy (non-hydrogen) atoms. The molecule has 1 aliphatic carbocycles. The summed E-state index contributed by atoms with van der Waals surface area (Å²) < 4.78 is 5.70. The Morgan fingerprint density at radius 2 is 1.75 bits per heavy atom. The van der Waals surface area contributed by atoms with Crippen molar-refractivity contribution >= 4 is 11.6 Å². The number of benzene rings is 1. The standard InChI is InChI=1S/C18H25ClO/c19-18(14-7-4-2-1-3-5-8-14)16-10-11-17-15(13-16)9-6-12-20-17/h10-11,13-14,18H,1-9,12H2. The molecule has 3 rings (SSSR count). The third-order valence-corrected chi connectivity index (χ3v) is 5.42. The zero-order valence-corrected chi connectivity index (χ0v) is 13.0. The highest BCUT2D eigenvalue weighted by Crippen LogP contribution is 2.39. The molecular weight excluding hydrogens is 268 g/mol. The van der Waals surface area contributed by atoms with Gasteiger partial charge in [0.05, 0.1) is 12.0 Å². The quantitative estimate of drug-likeness (QED) is 0.640. The molecule has 1 atom stereocenters. The van der Waals surface area contributed by atoms with Crippen LogP contribution in [0.25, 0.3) is 0 Å². The molecule has 1 unspecified atom stereocenters. The maximum absolute atomic E-state index is 6.81. The van der Waals surface area contributed by atoms with Crippen LogP contribution in [-0.4, -0.2) is 6.61 Å². The first kappa shape index (κ1) is 14.3. The lowest BCUT2D eigenvalue weighted by Gasteiger charge is -2.26. The minimum absolute atomic E-state index is 0.181. The van der Waals surface area contributed by atoms with Gasteiger partial charge in [0, 0.05) is 0 Å². The van der Waals surface area contributed by atoms with Crippen molar-refractivity contribution in [2.75, 3.05) is 6.61 Å². The third-order valence-electron chi connectivity index (χ3n) is 4.81. The third kappa shape index (κ3) is 3.31. The Balaban J connectivity index is 1.73. The fourth-order valence-electron chi connectivity index (χ4n) is 3.60. The number of hydrogen-bond donors (Lipinski definition) is 0. The van der Waals surface area contributed by atoms with Crippen LogP contribution in [0.5, 0.6) is 5.75 Å². The molecule has 1 aromatic rings. The minimum atomic E-state index is 0.181. The summed E-state index contributed by atoms with van der Waals surface area (Å²) in [7, 11) is 0. The van der Waals surface area contributed by atoms with E-state index in [-0.39, 0.29) is 5.38 Å². The van der Waals surface area contributed by atoms with Crippen LogP contribution < -0.4 is 4.74 Å². The van der Waals surface area contributed by atoms with Crippen LogP contribution in [0.15, 0.2) is 18.2 Å². The summed E-state index contributed by atoms with van der Waals surface area (Å²) in [6.45, 7) is 0.860. The van der Waals surface area contributed by atoms with Gasteiger partial charge in [0.1, 0.15) is 5.75 Å². The van der Waals surface area contributed by atoms with E-state index in [0.717, 1.165) is 25.2 Å². The predicted molar refractivity (Wildman–Crippen MR) is 84.7 cm³/mol. The molecule has 1 aromatic carbocycles. The average molecular weight is 293 g/mol. The topological polar surface area (TPSA) is 9.23 Å². The van der Waals surface area contributed by atoms with Crippen molar-refractivity contribution in [1.29, 1.82) is 0 Å². The van der Waals surface area contributed by atoms with Gasteiger partial charge in [0.25, 0.3) is 0 Å². The van der Waals surface area contributed by atoms with Crippen molar-refractivity contribution in [1.82, 2.24) is 0 Å². The first-order chi connectivity index (χ1) is 9.84. The highest BCUT2D eigenvalue weighted by molar-refractivity contribution is 6.21. The fourth-order valence-corrected chi connectivity index (χ4v) is 3.99. The van der Waals surface area contributed by atoms with Crippen LogP contribution in [0, 0.1) is 5.92 Å². The van der Waals surface area contributed by atoms with Crippen LogP contribution in [0.1, 0.15) is 67.9 Å². The fraction of sp³-hybridized carbons (Fsp3) is 0.667. The van der Waals surface area contributed by atoms with E-state index in [9.17, 15) is 0 Å². The monoisotopic (exact) mass is 292 g/mol. The summed E-state index contributed by atoms with van der Waals surface area (Å²) in [5.41, 5.74) is 2.66. The number of hydrogen-bond acceptors (Lipinski definition) is 1. The van der Waals surface area contributed by atoms with Gasteiger partial charge in [0.2, 0.25) is 0 Å². The Morgan fingerprint density at radius 1 is 1.00 bits per heavy atom. The number of ether oxygens (including phenoxy) is 1. The highest BCUT2D eigenvalue weighted by Gasteiger charge is 2.23. The number of alkyl halides is 1. The van der Waals surface area contributed by atoms with Gasteiger partial charge in [0.15, 0.2) is 0 Å². The zero-order chi connectivity index (χ0) is 13.8. The van der Waals surface area contributed by atoms with Crippen molar-refractivity contribution in [2.24, 2.45) is 5.92 Å². The van der Waals surface area contributed by atoms with Gasteiger partial charge in [-0.05, 0) is 48.8 Å². The first-order valence-corrected chi connectivity index (χ1v) is 8.68. The maximum Gasteiger partial charge on any atom is 0.122 e. The van der Waals surface area contributed by atoms with E-state index >= 15 is 0 Å². The van der Waals surface area contributed by atoms with Crippen LogP contribution in [0.3, 0.4) is 0 Å². The largest absolute Gasteiger partial charge is 0.493 e. The van der Waals surface area contributed by atoms with Crippen molar-refractivity contribution < 1.29 is 4.74 Å². The Labute approximate surface area is 127 Å². The predicted octanol–water partition coefficient (Wildman–Crippen LogP) is 5.65. The number of fused-ring (bicyclic) bond motifs is 1. The number of aryl methyl sites for hydroxylation is 1. The molecule has 2 heteroatoms. The van der Waals surface area contributed by atoms with Crippen molar-refractivity contribution in [3.63, 3.8) is 0 Å². The molecule has 0 N–H and O–H groups in total. The molecule has 1 nitrogen and oxygen atoms in total. The zero-order valence-electron chi connectivity index (χ0n) is 12.2. The van der Waals surface area contributed by atoms with Crippen LogP contribution >= 0.6 is 11.6 Å². The minimum Gasteiger partial charge on any atom is -0.493 e. The highest BCUT2D eigenvalue weighted by atomic mass is 35.5. The molecule has 0 spiro atoms. The molecule has 0 bridgehead atoms. The molecule has 1 saturated carbocycles. The lowest BCUT2D eigenvalue weighted by atomic mass is 9.85. The number of rotatable bonds is 2. The Morgan fingerprint density at radius 3 is 2.55 bits per heavy atom. The Bertz CT molecular complexity index is 435. The van der Waals surface area contributed by atoms with E-state index in [1.807, 2.05) is 0 Å².